The monoisotopic (exact) mass is 435 g/mol. The third kappa shape index (κ3) is 3.80. The van der Waals surface area contributed by atoms with E-state index in [2.05, 4.69) is 21.2 Å². The summed E-state index contributed by atoms with van der Waals surface area (Å²) in [5.74, 6) is 1.17. The van der Waals surface area contributed by atoms with Crippen molar-refractivity contribution in [2.45, 2.75) is 6.61 Å². The molecule has 4 rings (SSSR count). The van der Waals surface area contributed by atoms with Gasteiger partial charge >= 0.3 is 0 Å². The van der Waals surface area contributed by atoms with Gasteiger partial charge < -0.3 is 14.8 Å². The number of halogens is 1. The molecule has 1 aliphatic heterocycles. The van der Waals surface area contributed by atoms with Crippen LogP contribution in [0.1, 0.15) is 16.7 Å². The zero-order chi connectivity index (χ0) is 19.5. The van der Waals surface area contributed by atoms with E-state index in [0.717, 1.165) is 26.9 Å². The molecule has 0 bridgehead atoms. The maximum absolute atomic E-state index is 12.4. The summed E-state index contributed by atoms with van der Waals surface area (Å²) < 4.78 is 12.3. The quantitative estimate of drug-likeness (QED) is 0.535. The van der Waals surface area contributed by atoms with Crippen molar-refractivity contribution < 1.29 is 14.3 Å². The van der Waals surface area contributed by atoms with E-state index >= 15 is 0 Å². The number of amides is 1. The number of carbonyl (C=O) groups excluding carboxylic acids is 1. The second-order valence-corrected chi connectivity index (χ2v) is 7.30. The molecule has 1 N–H and O–H groups in total. The van der Waals surface area contributed by atoms with Crippen LogP contribution in [-0.2, 0) is 11.4 Å². The lowest BCUT2D eigenvalue weighted by atomic mass is 10.0. The summed E-state index contributed by atoms with van der Waals surface area (Å²) >= 11 is 3.46. The van der Waals surface area contributed by atoms with E-state index < -0.39 is 0 Å². The second-order valence-electron chi connectivity index (χ2n) is 6.39. The Kier molecular flexibility index (Phi) is 5.17. The Bertz CT molecular complexity index is 1060. The second kappa shape index (κ2) is 7.90. The van der Waals surface area contributed by atoms with Gasteiger partial charge in [-0.2, -0.15) is 0 Å². The fourth-order valence-corrected chi connectivity index (χ4v) is 3.46. The van der Waals surface area contributed by atoms with E-state index in [0.29, 0.717) is 23.7 Å². The molecule has 3 aromatic rings. The number of rotatable bonds is 5. The summed E-state index contributed by atoms with van der Waals surface area (Å²) in [6, 6.07) is 21.3. The minimum absolute atomic E-state index is 0.114. The average molecular weight is 436 g/mol. The Morgan fingerprint density at radius 1 is 1.00 bits per heavy atom. The van der Waals surface area contributed by atoms with Gasteiger partial charge in [0.2, 0.25) is 0 Å². The highest BCUT2D eigenvalue weighted by atomic mass is 79.9. The first-order chi connectivity index (χ1) is 13.6. The molecule has 0 atom stereocenters. The van der Waals surface area contributed by atoms with E-state index in [1.165, 1.54) is 0 Å². The number of hydrogen-bond acceptors (Lipinski definition) is 3. The van der Waals surface area contributed by atoms with Crippen LogP contribution in [0, 0.1) is 0 Å². The lowest BCUT2D eigenvalue weighted by Crippen LogP contribution is -2.03. The van der Waals surface area contributed by atoms with Gasteiger partial charge in [-0.15, -0.1) is 0 Å². The number of hydrogen-bond donors (Lipinski definition) is 1. The van der Waals surface area contributed by atoms with Crippen molar-refractivity contribution >= 4 is 39.2 Å². The number of carbonyl (C=O) groups is 1. The Hall–Kier alpha value is -3.05. The van der Waals surface area contributed by atoms with E-state index in [1.54, 1.807) is 7.11 Å². The number of methoxy groups -OCH3 is 1. The molecule has 0 radical (unpaired) electrons. The van der Waals surface area contributed by atoms with Crippen LogP contribution >= 0.6 is 15.9 Å². The van der Waals surface area contributed by atoms with Gasteiger partial charge in [0.1, 0.15) is 6.61 Å². The average Bonchev–Trinajstić information content (AvgIpc) is 3.02. The molecule has 0 unspecified atom stereocenters. The summed E-state index contributed by atoms with van der Waals surface area (Å²) in [7, 11) is 1.61. The van der Waals surface area contributed by atoms with Crippen LogP contribution in [0.5, 0.6) is 11.5 Å². The molecule has 28 heavy (non-hydrogen) atoms. The topological polar surface area (TPSA) is 47.6 Å². The fraction of sp³-hybridized carbons (Fsp3) is 0.0870. The van der Waals surface area contributed by atoms with Crippen molar-refractivity contribution in [1.82, 2.24) is 0 Å². The third-order valence-corrected chi connectivity index (χ3v) is 4.99. The Balaban J connectivity index is 1.61. The molecule has 0 aromatic heterocycles. The highest BCUT2D eigenvalue weighted by Crippen LogP contribution is 2.36. The summed E-state index contributed by atoms with van der Waals surface area (Å²) in [5.41, 5.74) is 4.26. The van der Waals surface area contributed by atoms with E-state index in [1.807, 2.05) is 72.8 Å². The lowest BCUT2D eigenvalue weighted by molar-refractivity contribution is -0.110. The Morgan fingerprint density at radius 3 is 2.61 bits per heavy atom. The van der Waals surface area contributed by atoms with Crippen molar-refractivity contribution in [2.24, 2.45) is 0 Å². The van der Waals surface area contributed by atoms with Gasteiger partial charge in [-0.1, -0.05) is 52.3 Å². The third-order valence-electron chi connectivity index (χ3n) is 4.50. The Labute approximate surface area is 171 Å². The van der Waals surface area contributed by atoms with Crippen LogP contribution in [0.4, 0.5) is 5.69 Å². The molecular formula is C23H18BrNO3. The molecule has 4 nitrogen and oxygen atoms in total. The maximum Gasteiger partial charge on any atom is 0.256 e. The van der Waals surface area contributed by atoms with Gasteiger partial charge in [0.15, 0.2) is 11.5 Å². The normalized spacial score (nSPS) is 13.9. The molecule has 3 aromatic carbocycles. The van der Waals surface area contributed by atoms with Crippen molar-refractivity contribution in [2.75, 3.05) is 12.4 Å². The molecule has 0 spiro atoms. The Morgan fingerprint density at radius 2 is 1.82 bits per heavy atom. The summed E-state index contributed by atoms with van der Waals surface area (Å²) in [5, 5.41) is 2.89. The number of ether oxygens (including phenoxy) is 2. The molecule has 5 heteroatoms. The van der Waals surface area contributed by atoms with Gasteiger partial charge in [0, 0.05) is 21.3 Å². The van der Waals surface area contributed by atoms with Crippen LogP contribution in [0.15, 0.2) is 71.2 Å². The van der Waals surface area contributed by atoms with Crippen molar-refractivity contribution in [3.63, 3.8) is 0 Å². The van der Waals surface area contributed by atoms with Gasteiger partial charge in [0.05, 0.1) is 7.11 Å². The molecular weight excluding hydrogens is 418 g/mol. The number of benzene rings is 3. The first-order valence-corrected chi connectivity index (χ1v) is 9.61. The van der Waals surface area contributed by atoms with Crippen LogP contribution in [0.2, 0.25) is 0 Å². The van der Waals surface area contributed by atoms with Crippen molar-refractivity contribution in [1.29, 1.82) is 0 Å². The van der Waals surface area contributed by atoms with E-state index in [-0.39, 0.29) is 5.91 Å². The zero-order valence-corrected chi connectivity index (χ0v) is 16.8. The molecule has 1 amide bonds. The molecule has 1 aliphatic rings. The zero-order valence-electron chi connectivity index (χ0n) is 15.2. The minimum atomic E-state index is -0.114. The molecule has 1 heterocycles. The predicted molar refractivity (Wildman–Crippen MR) is 114 cm³/mol. The lowest BCUT2D eigenvalue weighted by Gasteiger charge is -2.11. The van der Waals surface area contributed by atoms with Crippen LogP contribution < -0.4 is 14.8 Å². The van der Waals surface area contributed by atoms with Crippen molar-refractivity contribution in [3.8, 4) is 11.5 Å². The van der Waals surface area contributed by atoms with Crippen molar-refractivity contribution in [3.05, 3.63) is 87.9 Å². The highest BCUT2D eigenvalue weighted by Gasteiger charge is 2.24. The first kappa shape index (κ1) is 18.3. The summed E-state index contributed by atoms with van der Waals surface area (Å²) in [6.45, 7) is 0.460. The van der Waals surface area contributed by atoms with Gasteiger partial charge in [0.25, 0.3) is 5.91 Å². The number of fused-ring (bicyclic) bond motifs is 1. The van der Waals surface area contributed by atoms with Gasteiger partial charge in [-0.3, -0.25) is 4.79 Å². The molecule has 0 aliphatic carbocycles. The number of anilines is 1. The molecule has 140 valence electrons. The standard InChI is InChI=1S/C23H18BrNO3/c1-27-22-12-16(7-10-21(22)28-14-15-5-3-2-4-6-15)11-19-18-13-17(24)8-9-20(18)25-23(19)26/h2-13H,14H2,1H3,(H,25,26)/b19-11-. The van der Waals surface area contributed by atoms with Crippen LogP contribution in [0.25, 0.3) is 11.6 Å². The van der Waals surface area contributed by atoms with Crippen LogP contribution in [0.3, 0.4) is 0 Å². The fourth-order valence-electron chi connectivity index (χ4n) is 3.10. The minimum Gasteiger partial charge on any atom is -0.493 e. The summed E-state index contributed by atoms with van der Waals surface area (Å²) in [6.07, 6.45) is 1.86. The van der Waals surface area contributed by atoms with E-state index in [4.69, 9.17) is 9.47 Å². The first-order valence-electron chi connectivity index (χ1n) is 8.82. The van der Waals surface area contributed by atoms with Gasteiger partial charge in [-0.25, -0.2) is 0 Å². The van der Waals surface area contributed by atoms with Gasteiger partial charge in [-0.05, 0) is 47.5 Å². The largest absolute Gasteiger partial charge is 0.493 e. The highest BCUT2D eigenvalue weighted by molar-refractivity contribution is 9.10. The molecule has 0 saturated heterocycles. The molecule has 0 fully saturated rings. The maximum atomic E-state index is 12.4. The number of nitrogens with one attached hydrogen (secondary N) is 1. The van der Waals surface area contributed by atoms with Crippen LogP contribution in [-0.4, -0.2) is 13.0 Å². The molecule has 0 saturated carbocycles. The predicted octanol–water partition coefficient (Wildman–Crippen LogP) is 5.53. The SMILES string of the molecule is COc1cc(/C=C2\C(=O)Nc3ccc(Br)cc32)ccc1OCc1ccccc1. The van der Waals surface area contributed by atoms with E-state index in [9.17, 15) is 4.79 Å². The summed E-state index contributed by atoms with van der Waals surface area (Å²) in [4.78, 5) is 12.4. The smallest absolute Gasteiger partial charge is 0.256 e.